The van der Waals surface area contributed by atoms with E-state index in [1.807, 2.05) is 36.7 Å². The first kappa shape index (κ1) is 11.3. The maximum absolute atomic E-state index is 7.49. The number of aromatic nitrogens is 3. The lowest BCUT2D eigenvalue weighted by atomic mass is 10.2. The van der Waals surface area contributed by atoms with Crippen molar-refractivity contribution in [3.05, 3.63) is 47.0 Å². The van der Waals surface area contributed by atoms with Crippen LogP contribution in [0.2, 0.25) is 0 Å². The molecule has 88 valence electrons. The molecule has 0 unspecified atom stereocenters. The highest BCUT2D eigenvalue weighted by Crippen LogP contribution is 2.09. The molecule has 0 saturated heterocycles. The second-order valence-electron chi connectivity index (χ2n) is 4.01. The summed E-state index contributed by atoms with van der Waals surface area (Å²) in [5, 5.41) is 11.9. The maximum atomic E-state index is 7.49. The summed E-state index contributed by atoms with van der Waals surface area (Å²) in [6, 6.07) is 5.78. The number of nitrogens with zero attached hydrogens (tertiary/aromatic N) is 3. The van der Waals surface area contributed by atoms with E-state index in [0.29, 0.717) is 12.2 Å². The molecule has 0 aliphatic rings. The molecular formula is C12H15N5. The van der Waals surface area contributed by atoms with Crippen LogP contribution in [0, 0.1) is 19.3 Å². The topological polar surface area (TPSA) is 80.6 Å². The van der Waals surface area contributed by atoms with Gasteiger partial charge in [0.2, 0.25) is 0 Å². The smallest absolute Gasteiger partial charge is 0.142 e. The van der Waals surface area contributed by atoms with Crippen LogP contribution in [0.5, 0.6) is 0 Å². The number of rotatable bonds is 3. The number of hydrogen-bond donors (Lipinski definition) is 2. The largest absolute Gasteiger partial charge is 0.382 e. The molecule has 17 heavy (non-hydrogen) atoms. The van der Waals surface area contributed by atoms with E-state index in [0.717, 1.165) is 17.0 Å². The molecule has 3 N–H and O–H groups in total. The molecule has 0 radical (unpaired) electrons. The van der Waals surface area contributed by atoms with Crippen LogP contribution in [0.25, 0.3) is 0 Å². The van der Waals surface area contributed by atoms with Crippen LogP contribution >= 0.6 is 0 Å². The number of pyridine rings is 1. The van der Waals surface area contributed by atoms with Gasteiger partial charge in [0.25, 0.3) is 0 Å². The molecule has 0 fully saturated rings. The molecule has 0 saturated carbocycles. The van der Waals surface area contributed by atoms with Gasteiger partial charge in [0.05, 0.1) is 12.2 Å². The van der Waals surface area contributed by atoms with Crippen LogP contribution in [0.1, 0.15) is 22.6 Å². The minimum Gasteiger partial charge on any atom is -0.382 e. The van der Waals surface area contributed by atoms with Crippen molar-refractivity contribution < 1.29 is 0 Å². The van der Waals surface area contributed by atoms with Crippen molar-refractivity contribution >= 4 is 5.84 Å². The van der Waals surface area contributed by atoms with E-state index in [1.54, 1.807) is 6.20 Å². The molecule has 2 rings (SSSR count). The van der Waals surface area contributed by atoms with Crippen molar-refractivity contribution in [1.82, 2.24) is 14.8 Å². The standard InChI is InChI=1S/C12H15N5/c1-8-6-9(2)17(16-8)7-10-4-3-5-15-11(10)12(13)14/h3-6H,7H2,1-2H3,(H3,13,14). The van der Waals surface area contributed by atoms with Crippen LogP contribution < -0.4 is 5.73 Å². The third kappa shape index (κ3) is 2.33. The predicted molar refractivity (Wildman–Crippen MR) is 66.1 cm³/mol. The molecule has 0 bridgehead atoms. The second-order valence-corrected chi connectivity index (χ2v) is 4.01. The van der Waals surface area contributed by atoms with Gasteiger partial charge in [-0.1, -0.05) is 6.07 Å². The number of amidine groups is 1. The molecule has 2 heterocycles. The molecule has 0 aliphatic carbocycles. The Kier molecular flexibility index (Phi) is 2.91. The average Bonchev–Trinajstić information content (AvgIpc) is 2.58. The molecule has 2 aromatic heterocycles. The summed E-state index contributed by atoms with van der Waals surface area (Å²) in [4.78, 5) is 4.12. The number of nitrogens with two attached hydrogens (primary N) is 1. The van der Waals surface area contributed by atoms with Gasteiger partial charge in [0.1, 0.15) is 11.5 Å². The molecular weight excluding hydrogens is 214 g/mol. The Hall–Kier alpha value is -2.17. The minimum absolute atomic E-state index is 0.0119. The lowest BCUT2D eigenvalue weighted by molar-refractivity contribution is 0.656. The van der Waals surface area contributed by atoms with Gasteiger partial charge in [-0.3, -0.25) is 15.1 Å². The maximum Gasteiger partial charge on any atom is 0.142 e. The van der Waals surface area contributed by atoms with Gasteiger partial charge < -0.3 is 5.73 Å². The van der Waals surface area contributed by atoms with Crippen molar-refractivity contribution in [1.29, 1.82) is 5.41 Å². The second kappa shape index (κ2) is 4.37. The summed E-state index contributed by atoms with van der Waals surface area (Å²) in [5.41, 5.74) is 9.01. The van der Waals surface area contributed by atoms with Crippen LogP contribution in [0.3, 0.4) is 0 Å². The fraction of sp³-hybridized carbons (Fsp3) is 0.250. The highest BCUT2D eigenvalue weighted by Gasteiger charge is 2.08. The van der Waals surface area contributed by atoms with E-state index >= 15 is 0 Å². The molecule has 0 aromatic carbocycles. The van der Waals surface area contributed by atoms with Gasteiger partial charge in [-0.15, -0.1) is 0 Å². The summed E-state index contributed by atoms with van der Waals surface area (Å²) < 4.78 is 1.89. The fourth-order valence-electron chi connectivity index (χ4n) is 1.81. The lowest BCUT2D eigenvalue weighted by Crippen LogP contribution is -2.17. The molecule has 0 amide bonds. The van der Waals surface area contributed by atoms with Crippen LogP contribution in [-0.4, -0.2) is 20.6 Å². The van der Waals surface area contributed by atoms with Crippen LogP contribution in [0.15, 0.2) is 24.4 Å². The predicted octanol–water partition coefficient (Wildman–Crippen LogP) is 1.23. The molecule has 0 spiro atoms. The first-order chi connectivity index (χ1) is 8.08. The Morgan fingerprint density at radius 2 is 2.24 bits per heavy atom. The summed E-state index contributed by atoms with van der Waals surface area (Å²) >= 11 is 0. The highest BCUT2D eigenvalue weighted by molar-refractivity contribution is 5.94. The first-order valence-corrected chi connectivity index (χ1v) is 5.37. The number of nitrogens with one attached hydrogen (secondary N) is 1. The monoisotopic (exact) mass is 229 g/mol. The van der Waals surface area contributed by atoms with E-state index in [-0.39, 0.29) is 5.84 Å². The van der Waals surface area contributed by atoms with E-state index in [4.69, 9.17) is 11.1 Å². The summed E-state index contributed by atoms with van der Waals surface area (Å²) in [7, 11) is 0. The van der Waals surface area contributed by atoms with E-state index < -0.39 is 0 Å². The Bertz CT molecular complexity index is 556. The fourth-order valence-corrected chi connectivity index (χ4v) is 1.81. The van der Waals surface area contributed by atoms with E-state index in [2.05, 4.69) is 10.1 Å². The summed E-state index contributed by atoms with van der Waals surface area (Å²) in [6.45, 7) is 4.55. The Morgan fingerprint density at radius 1 is 1.47 bits per heavy atom. The zero-order chi connectivity index (χ0) is 12.4. The number of hydrogen-bond acceptors (Lipinski definition) is 3. The number of nitrogen functional groups attached to an aromatic ring is 1. The van der Waals surface area contributed by atoms with Crippen molar-refractivity contribution in [2.24, 2.45) is 5.73 Å². The van der Waals surface area contributed by atoms with Crippen molar-refractivity contribution in [2.45, 2.75) is 20.4 Å². The SMILES string of the molecule is Cc1cc(C)n(Cc2cccnc2C(=N)N)n1. The molecule has 2 aromatic rings. The first-order valence-electron chi connectivity index (χ1n) is 5.37. The van der Waals surface area contributed by atoms with Crippen molar-refractivity contribution in [3.8, 4) is 0 Å². The van der Waals surface area contributed by atoms with Crippen molar-refractivity contribution in [2.75, 3.05) is 0 Å². The highest BCUT2D eigenvalue weighted by atomic mass is 15.3. The Labute approximate surface area is 99.8 Å². The normalized spacial score (nSPS) is 10.5. The van der Waals surface area contributed by atoms with Gasteiger partial charge in [-0.2, -0.15) is 5.10 Å². The third-order valence-corrected chi connectivity index (χ3v) is 2.57. The average molecular weight is 229 g/mol. The van der Waals surface area contributed by atoms with Crippen LogP contribution in [-0.2, 0) is 6.54 Å². The van der Waals surface area contributed by atoms with Gasteiger partial charge in [0, 0.05) is 17.5 Å². The molecule has 5 nitrogen and oxygen atoms in total. The molecule has 0 aliphatic heterocycles. The van der Waals surface area contributed by atoms with Gasteiger partial charge in [-0.25, -0.2) is 0 Å². The minimum atomic E-state index is -0.0119. The Morgan fingerprint density at radius 3 is 2.82 bits per heavy atom. The third-order valence-electron chi connectivity index (χ3n) is 2.57. The summed E-state index contributed by atoms with van der Waals surface area (Å²) in [6.07, 6.45) is 1.64. The lowest BCUT2D eigenvalue weighted by Gasteiger charge is -2.08. The van der Waals surface area contributed by atoms with Gasteiger partial charge >= 0.3 is 0 Å². The van der Waals surface area contributed by atoms with E-state index in [1.165, 1.54) is 0 Å². The summed E-state index contributed by atoms with van der Waals surface area (Å²) in [5.74, 6) is -0.0119. The van der Waals surface area contributed by atoms with Gasteiger partial charge in [-0.05, 0) is 26.0 Å². The zero-order valence-corrected chi connectivity index (χ0v) is 9.94. The quantitative estimate of drug-likeness (QED) is 0.613. The molecule has 0 atom stereocenters. The van der Waals surface area contributed by atoms with Crippen molar-refractivity contribution in [3.63, 3.8) is 0 Å². The van der Waals surface area contributed by atoms with Crippen LogP contribution in [0.4, 0.5) is 0 Å². The Balaban J connectivity index is 2.36. The zero-order valence-electron chi connectivity index (χ0n) is 9.94. The van der Waals surface area contributed by atoms with Gasteiger partial charge in [0.15, 0.2) is 0 Å². The number of aryl methyl sites for hydroxylation is 2. The van der Waals surface area contributed by atoms with E-state index in [9.17, 15) is 0 Å². The molecule has 5 heteroatoms.